The van der Waals surface area contributed by atoms with E-state index in [0.717, 1.165) is 25.6 Å². The van der Waals surface area contributed by atoms with E-state index in [2.05, 4.69) is 10.6 Å². The number of benzene rings is 1. The average molecular weight is 326 g/mol. The summed E-state index contributed by atoms with van der Waals surface area (Å²) in [6.45, 7) is 3.54. The lowest BCUT2D eigenvalue weighted by Crippen LogP contribution is -2.56. The molecule has 1 heterocycles. The van der Waals surface area contributed by atoms with Crippen molar-refractivity contribution in [2.24, 2.45) is 11.8 Å². The zero-order valence-corrected chi connectivity index (χ0v) is 13.0. The predicted molar refractivity (Wildman–Crippen MR) is 80.6 cm³/mol. The van der Waals surface area contributed by atoms with Crippen LogP contribution < -0.4 is 10.6 Å². The van der Waals surface area contributed by atoms with Gasteiger partial charge in [-0.1, -0.05) is 19.1 Å². The molecule has 6 heteroatoms. The number of amides is 1. The molecule has 3 nitrogen and oxygen atoms in total. The van der Waals surface area contributed by atoms with Crippen LogP contribution in [0, 0.1) is 11.8 Å². The summed E-state index contributed by atoms with van der Waals surface area (Å²) in [5.41, 5.74) is -0.735. The van der Waals surface area contributed by atoms with E-state index in [9.17, 15) is 18.0 Å². The molecule has 0 spiro atoms. The number of nitrogens with one attached hydrogen (secondary N) is 2. The van der Waals surface area contributed by atoms with Crippen molar-refractivity contribution in [3.8, 4) is 0 Å². The fourth-order valence-electron chi connectivity index (χ4n) is 3.24. The Labute approximate surface area is 133 Å². The van der Waals surface area contributed by atoms with Crippen molar-refractivity contribution in [3.05, 3.63) is 35.4 Å². The SMILES string of the molecule is CC(C(=O)NC1(c2cccc(C(F)(F)F)c2)CCC1)C1CNC1. The first-order valence-electron chi connectivity index (χ1n) is 8.02. The summed E-state index contributed by atoms with van der Waals surface area (Å²) in [5.74, 6) is 0.127. The third-order valence-electron chi connectivity index (χ3n) is 5.25. The van der Waals surface area contributed by atoms with E-state index in [-0.39, 0.29) is 11.8 Å². The van der Waals surface area contributed by atoms with Crippen LogP contribution in [-0.4, -0.2) is 19.0 Å². The lowest BCUT2D eigenvalue weighted by molar-refractivity contribution is -0.137. The number of hydrogen-bond acceptors (Lipinski definition) is 2. The second-order valence-corrected chi connectivity index (χ2v) is 6.71. The van der Waals surface area contributed by atoms with Crippen LogP contribution in [0.15, 0.2) is 24.3 Å². The first-order valence-corrected chi connectivity index (χ1v) is 8.02. The monoisotopic (exact) mass is 326 g/mol. The Balaban J connectivity index is 1.79. The van der Waals surface area contributed by atoms with Gasteiger partial charge in [0.15, 0.2) is 0 Å². The van der Waals surface area contributed by atoms with Crippen molar-refractivity contribution in [3.63, 3.8) is 0 Å². The fourth-order valence-corrected chi connectivity index (χ4v) is 3.24. The van der Waals surface area contributed by atoms with Gasteiger partial charge in [0.25, 0.3) is 0 Å². The highest BCUT2D eigenvalue weighted by molar-refractivity contribution is 5.80. The molecule has 0 aromatic heterocycles. The minimum absolute atomic E-state index is 0.0615. The van der Waals surface area contributed by atoms with Gasteiger partial charge in [0.1, 0.15) is 0 Å². The molecule has 1 aliphatic carbocycles. The molecule has 1 saturated heterocycles. The zero-order chi connectivity index (χ0) is 16.7. The van der Waals surface area contributed by atoms with Gasteiger partial charge in [0.2, 0.25) is 5.91 Å². The van der Waals surface area contributed by atoms with Gasteiger partial charge in [-0.2, -0.15) is 13.2 Å². The summed E-state index contributed by atoms with van der Waals surface area (Å²) >= 11 is 0. The van der Waals surface area contributed by atoms with Gasteiger partial charge < -0.3 is 10.6 Å². The minimum atomic E-state index is -4.37. The van der Waals surface area contributed by atoms with Crippen LogP contribution in [0.2, 0.25) is 0 Å². The summed E-state index contributed by atoms with van der Waals surface area (Å²) in [4.78, 5) is 12.5. The molecule has 126 valence electrons. The highest BCUT2D eigenvalue weighted by Gasteiger charge is 2.43. The van der Waals surface area contributed by atoms with Gasteiger partial charge in [-0.05, 0) is 56.0 Å². The highest BCUT2D eigenvalue weighted by Crippen LogP contribution is 2.43. The van der Waals surface area contributed by atoms with Gasteiger partial charge >= 0.3 is 6.18 Å². The van der Waals surface area contributed by atoms with Crippen LogP contribution in [0.4, 0.5) is 13.2 Å². The molecule has 1 amide bonds. The molecule has 1 aromatic carbocycles. The molecule has 1 unspecified atom stereocenters. The van der Waals surface area contributed by atoms with Crippen molar-refractivity contribution in [1.82, 2.24) is 10.6 Å². The first kappa shape index (κ1) is 16.3. The van der Waals surface area contributed by atoms with Crippen LogP contribution in [0.5, 0.6) is 0 Å². The number of carbonyl (C=O) groups excluding carboxylic acids is 1. The largest absolute Gasteiger partial charge is 0.416 e. The van der Waals surface area contributed by atoms with Crippen LogP contribution in [-0.2, 0) is 16.5 Å². The maximum atomic E-state index is 12.9. The van der Waals surface area contributed by atoms with E-state index in [1.165, 1.54) is 12.1 Å². The van der Waals surface area contributed by atoms with E-state index in [1.54, 1.807) is 6.07 Å². The molecule has 2 fully saturated rings. The van der Waals surface area contributed by atoms with Gasteiger partial charge in [-0.3, -0.25) is 4.79 Å². The smallest absolute Gasteiger partial charge is 0.346 e. The third kappa shape index (κ3) is 3.09. The average Bonchev–Trinajstić information content (AvgIpc) is 2.40. The van der Waals surface area contributed by atoms with Gasteiger partial charge in [-0.15, -0.1) is 0 Å². The van der Waals surface area contributed by atoms with E-state index < -0.39 is 17.3 Å². The van der Waals surface area contributed by atoms with Crippen LogP contribution in [0.3, 0.4) is 0 Å². The summed E-state index contributed by atoms with van der Waals surface area (Å²) < 4.78 is 38.8. The number of alkyl halides is 3. The van der Waals surface area contributed by atoms with E-state index in [0.29, 0.717) is 24.3 Å². The number of rotatable bonds is 4. The molecule has 3 rings (SSSR count). The Morgan fingerprint density at radius 2 is 2.04 bits per heavy atom. The number of carbonyl (C=O) groups is 1. The standard InChI is InChI=1S/C17H21F3N2O/c1-11(12-9-21-10-12)15(23)22-16(6-3-7-16)13-4-2-5-14(8-13)17(18,19)20/h2,4-5,8,11-12,21H,3,6-7,9-10H2,1H3,(H,22,23). The molecule has 23 heavy (non-hydrogen) atoms. The predicted octanol–water partition coefficient (Wildman–Crippen LogP) is 3.06. The Bertz CT molecular complexity index is 592. The molecule has 2 N–H and O–H groups in total. The van der Waals surface area contributed by atoms with Crippen LogP contribution in [0.1, 0.15) is 37.3 Å². The molecule has 1 aliphatic heterocycles. The lowest BCUT2D eigenvalue weighted by atomic mass is 9.71. The van der Waals surface area contributed by atoms with Crippen molar-refractivity contribution in [1.29, 1.82) is 0 Å². The van der Waals surface area contributed by atoms with E-state index >= 15 is 0 Å². The maximum absolute atomic E-state index is 12.9. The van der Waals surface area contributed by atoms with E-state index in [4.69, 9.17) is 0 Å². The molecule has 0 bridgehead atoms. The van der Waals surface area contributed by atoms with Gasteiger partial charge in [0.05, 0.1) is 11.1 Å². The second kappa shape index (κ2) is 5.82. The quantitative estimate of drug-likeness (QED) is 0.893. The summed E-state index contributed by atoms with van der Waals surface area (Å²) in [5, 5.41) is 6.18. The molecule has 1 saturated carbocycles. The minimum Gasteiger partial charge on any atom is -0.346 e. The van der Waals surface area contributed by atoms with Crippen molar-refractivity contribution in [2.45, 2.75) is 37.9 Å². The first-order chi connectivity index (χ1) is 10.8. The summed E-state index contributed by atoms with van der Waals surface area (Å²) in [6.07, 6.45) is -2.07. The van der Waals surface area contributed by atoms with Crippen LogP contribution >= 0.6 is 0 Å². The summed E-state index contributed by atoms with van der Waals surface area (Å²) in [6, 6.07) is 5.35. The molecule has 1 atom stereocenters. The number of halogens is 3. The molecular formula is C17H21F3N2O. The van der Waals surface area contributed by atoms with Crippen molar-refractivity contribution in [2.75, 3.05) is 13.1 Å². The Morgan fingerprint density at radius 3 is 2.52 bits per heavy atom. The van der Waals surface area contributed by atoms with Gasteiger partial charge in [-0.25, -0.2) is 0 Å². The van der Waals surface area contributed by atoms with Crippen LogP contribution in [0.25, 0.3) is 0 Å². The molecular weight excluding hydrogens is 305 g/mol. The van der Waals surface area contributed by atoms with Crippen molar-refractivity contribution < 1.29 is 18.0 Å². The second-order valence-electron chi connectivity index (χ2n) is 6.71. The Morgan fingerprint density at radius 1 is 1.35 bits per heavy atom. The van der Waals surface area contributed by atoms with Gasteiger partial charge in [0, 0.05) is 5.92 Å². The molecule has 2 aliphatic rings. The number of hydrogen-bond donors (Lipinski definition) is 2. The molecule has 1 aromatic rings. The normalized spacial score (nSPS) is 21.9. The Kier molecular flexibility index (Phi) is 4.12. The third-order valence-corrected chi connectivity index (χ3v) is 5.25. The zero-order valence-electron chi connectivity index (χ0n) is 13.0. The summed E-state index contributed by atoms with van der Waals surface area (Å²) in [7, 11) is 0. The topological polar surface area (TPSA) is 41.1 Å². The lowest BCUT2D eigenvalue weighted by Gasteiger charge is -2.45. The highest BCUT2D eigenvalue weighted by atomic mass is 19.4. The Hall–Kier alpha value is -1.56. The maximum Gasteiger partial charge on any atom is 0.416 e. The fraction of sp³-hybridized carbons (Fsp3) is 0.588. The van der Waals surface area contributed by atoms with E-state index in [1.807, 2.05) is 6.92 Å². The van der Waals surface area contributed by atoms with Crippen molar-refractivity contribution >= 4 is 5.91 Å². The molecule has 0 radical (unpaired) electrons.